The van der Waals surface area contributed by atoms with E-state index in [9.17, 15) is 12.8 Å². The van der Waals surface area contributed by atoms with Gasteiger partial charge in [-0.25, -0.2) is 12.8 Å². The average molecular weight is 325 g/mol. The third kappa shape index (κ3) is 2.64. The van der Waals surface area contributed by atoms with Crippen molar-refractivity contribution in [1.29, 1.82) is 0 Å². The normalized spacial score (nSPS) is 19.7. The van der Waals surface area contributed by atoms with Gasteiger partial charge in [0.2, 0.25) is 15.9 Å². The largest absolute Gasteiger partial charge is 0.339 e. The molecule has 2 aromatic rings. The first-order chi connectivity index (χ1) is 10.4. The average Bonchev–Trinajstić information content (AvgIpc) is 3.10. The van der Waals surface area contributed by atoms with Crippen LogP contribution in [0.3, 0.4) is 0 Å². The van der Waals surface area contributed by atoms with Crippen LogP contribution < -0.4 is 0 Å². The quantitative estimate of drug-likeness (QED) is 0.863. The van der Waals surface area contributed by atoms with Crippen LogP contribution in [-0.4, -0.2) is 36.0 Å². The van der Waals surface area contributed by atoms with Crippen molar-refractivity contribution in [1.82, 2.24) is 14.4 Å². The standard InChI is InChI=1S/C14H16FN3O3S/c1-9-3-4-12(7-13(9)15)22(19,20)18-6-5-11(8-18)14-16-10(2)17-21-14/h3-4,7,11H,5-6,8H2,1-2H3. The number of aryl methyl sites for hydroxylation is 2. The van der Waals surface area contributed by atoms with Crippen molar-refractivity contribution in [3.05, 3.63) is 41.3 Å². The number of nitrogens with zero attached hydrogens (tertiary/aromatic N) is 3. The van der Waals surface area contributed by atoms with E-state index < -0.39 is 15.8 Å². The molecule has 1 aliphatic heterocycles. The van der Waals surface area contributed by atoms with Crippen molar-refractivity contribution in [3.63, 3.8) is 0 Å². The SMILES string of the molecule is Cc1noc(C2CCN(S(=O)(=O)c3ccc(C)c(F)c3)C2)n1. The van der Waals surface area contributed by atoms with Crippen molar-refractivity contribution in [2.75, 3.05) is 13.1 Å². The highest BCUT2D eigenvalue weighted by Gasteiger charge is 2.35. The molecule has 1 aromatic carbocycles. The van der Waals surface area contributed by atoms with E-state index >= 15 is 0 Å². The van der Waals surface area contributed by atoms with Gasteiger partial charge in [-0.05, 0) is 38.0 Å². The lowest BCUT2D eigenvalue weighted by molar-refractivity contribution is 0.351. The van der Waals surface area contributed by atoms with Crippen LogP contribution in [0.5, 0.6) is 0 Å². The Hall–Kier alpha value is -1.80. The maximum atomic E-state index is 13.6. The van der Waals surface area contributed by atoms with Gasteiger partial charge in [-0.3, -0.25) is 0 Å². The fourth-order valence-corrected chi connectivity index (χ4v) is 4.02. The maximum Gasteiger partial charge on any atom is 0.243 e. The topological polar surface area (TPSA) is 76.3 Å². The number of hydrogen-bond acceptors (Lipinski definition) is 5. The minimum atomic E-state index is -3.71. The summed E-state index contributed by atoms with van der Waals surface area (Å²) in [5.74, 6) is 0.331. The molecule has 2 heterocycles. The van der Waals surface area contributed by atoms with Crippen LogP contribution in [-0.2, 0) is 10.0 Å². The van der Waals surface area contributed by atoms with E-state index in [1.807, 2.05) is 0 Å². The molecule has 1 unspecified atom stereocenters. The minimum absolute atomic E-state index is 0.0297. The molecule has 8 heteroatoms. The molecule has 1 fully saturated rings. The first kappa shape index (κ1) is 15.1. The van der Waals surface area contributed by atoms with Crippen LogP contribution in [0, 0.1) is 19.7 Å². The van der Waals surface area contributed by atoms with Crippen molar-refractivity contribution in [2.45, 2.75) is 31.1 Å². The number of sulfonamides is 1. The fraction of sp³-hybridized carbons (Fsp3) is 0.429. The van der Waals surface area contributed by atoms with Crippen molar-refractivity contribution in [2.24, 2.45) is 0 Å². The molecule has 3 rings (SSSR count). The van der Waals surface area contributed by atoms with Crippen molar-refractivity contribution >= 4 is 10.0 Å². The van der Waals surface area contributed by atoms with Crippen LogP contribution in [0.15, 0.2) is 27.6 Å². The predicted octanol–water partition coefficient (Wildman–Crippen LogP) is 2.00. The van der Waals surface area contributed by atoms with E-state index in [0.717, 1.165) is 6.07 Å². The molecule has 118 valence electrons. The Morgan fingerprint density at radius 1 is 1.36 bits per heavy atom. The van der Waals surface area contributed by atoms with Gasteiger partial charge in [-0.1, -0.05) is 11.2 Å². The molecule has 6 nitrogen and oxygen atoms in total. The fourth-order valence-electron chi connectivity index (χ4n) is 2.51. The van der Waals surface area contributed by atoms with Gasteiger partial charge in [0.25, 0.3) is 0 Å². The van der Waals surface area contributed by atoms with Crippen molar-refractivity contribution in [3.8, 4) is 0 Å². The Labute approximate surface area is 128 Å². The van der Waals surface area contributed by atoms with E-state index in [1.54, 1.807) is 13.8 Å². The van der Waals surface area contributed by atoms with Crippen LogP contribution in [0.1, 0.15) is 29.6 Å². The summed E-state index contributed by atoms with van der Waals surface area (Å²) in [7, 11) is -3.71. The molecule has 1 saturated heterocycles. The van der Waals surface area contributed by atoms with Crippen LogP contribution in [0.4, 0.5) is 4.39 Å². The molecule has 0 aliphatic carbocycles. The van der Waals surface area contributed by atoms with Gasteiger partial charge in [-0.2, -0.15) is 9.29 Å². The number of halogens is 1. The Kier molecular flexibility index (Phi) is 3.73. The van der Waals surface area contributed by atoms with Crippen LogP contribution >= 0.6 is 0 Å². The molecule has 0 saturated carbocycles. The summed E-state index contributed by atoms with van der Waals surface area (Å²) in [4.78, 5) is 4.12. The lowest BCUT2D eigenvalue weighted by atomic mass is 10.1. The maximum absolute atomic E-state index is 13.6. The third-order valence-electron chi connectivity index (χ3n) is 3.82. The second-order valence-electron chi connectivity index (χ2n) is 5.44. The molecule has 0 N–H and O–H groups in total. The highest BCUT2D eigenvalue weighted by atomic mass is 32.2. The Morgan fingerprint density at radius 2 is 2.14 bits per heavy atom. The smallest absolute Gasteiger partial charge is 0.243 e. The second kappa shape index (κ2) is 5.44. The summed E-state index contributed by atoms with van der Waals surface area (Å²) in [6.45, 7) is 3.92. The van der Waals surface area contributed by atoms with Gasteiger partial charge in [0.1, 0.15) is 5.82 Å². The molecule has 1 atom stereocenters. The number of rotatable bonds is 3. The van der Waals surface area contributed by atoms with E-state index in [2.05, 4.69) is 10.1 Å². The third-order valence-corrected chi connectivity index (χ3v) is 5.69. The van der Waals surface area contributed by atoms with Crippen LogP contribution in [0.25, 0.3) is 0 Å². The van der Waals surface area contributed by atoms with Crippen molar-refractivity contribution < 1.29 is 17.3 Å². The molecular formula is C14H16FN3O3S. The molecule has 0 amide bonds. The van der Waals surface area contributed by atoms with E-state index in [0.29, 0.717) is 30.2 Å². The van der Waals surface area contributed by atoms with Gasteiger partial charge in [0.15, 0.2) is 5.82 Å². The van der Waals surface area contributed by atoms with Gasteiger partial charge in [-0.15, -0.1) is 0 Å². The highest BCUT2D eigenvalue weighted by molar-refractivity contribution is 7.89. The summed E-state index contributed by atoms with van der Waals surface area (Å²) in [6, 6.07) is 3.96. The lowest BCUT2D eigenvalue weighted by Crippen LogP contribution is -2.28. The second-order valence-corrected chi connectivity index (χ2v) is 7.38. The van der Waals surface area contributed by atoms with Gasteiger partial charge < -0.3 is 4.52 Å². The molecular weight excluding hydrogens is 309 g/mol. The molecule has 1 aliphatic rings. The number of hydrogen-bond donors (Lipinski definition) is 0. The summed E-state index contributed by atoms with van der Waals surface area (Å²) in [5.41, 5.74) is 0.416. The zero-order valence-electron chi connectivity index (χ0n) is 12.3. The van der Waals surface area contributed by atoms with E-state index in [1.165, 1.54) is 16.4 Å². The Bertz CT molecular complexity index is 803. The van der Waals surface area contributed by atoms with E-state index in [-0.39, 0.29) is 17.4 Å². The first-order valence-corrected chi connectivity index (χ1v) is 8.38. The zero-order chi connectivity index (χ0) is 15.9. The summed E-state index contributed by atoms with van der Waals surface area (Å²) in [6.07, 6.45) is 0.606. The summed E-state index contributed by atoms with van der Waals surface area (Å²) >= 11 is 0. The molecule has 22 heavy (non-hydrogen) atoms. The minimum Gasteiger partial charge on any atom is -0.339 e. The summed E-state index contributed by atoms with van der Waals surface area (Å²) < 4.78 is 45.2. The summed E-state index contributed by atoms with van der Waals surface area (Å²) in [5, 5.41) is 3.72. The lowest BCUT2D eigenvalue weighted by Gasteiger charge is -2.16. The Morgan fingerprint density at radius 3 is 2.77 bits per heavy atom. The van der Waals surface area contributed by atoms with Crippen LogP contribution in [0.2, 0.25) is 0 Å². The highest BCUT2D eigenvalue weighted by Crippen LogP contribution is 2.30. The zero-order valence-corrected chi connectivity index (χ0v) is 13.1. The molecule has 0 bridgehead atoms. The van der Waals surface area contributed by atoms with Gasteiger partial charge >= 0.3 is 0 Å². The van der Waals surface area contributed by atoms with E-state index in [4.69, 9.17) is 4.52 Å². The first-order valence-electron chi connectivity index (χ1n) is 6.94. The molecule has 0 spiro atoms. The monoisotopic (exact) mass is 325 g/mol. The molecule has 1 aromatic heterocycles. The van der Waals surface area contributed by atoms with Gasteiger partial charge in [0.05, 0.1) is 10.8 Å². The number of benzene rings is 1. The molecule has 0 radical (unpaired) electrons. The number of aromatic nitrogens is 2. The Balaban J connectivity index is 1.83. The predicted molar refractivity (Wildman–Crippen MR) is 76.3 cm³/mol. The van der Waals surface area contributed by atoms with Gasteiger partial charge in [0, 0.05) is 13.1 Å².